The SMILES string of the molecule is CCN1Cc2c(cc(NC(C)=O)nc2NC(C)c2ccc(Oc3ccc(C)cc3)cc2)C1=O. The zero-order valence-corrected chi connectivity index (χ0v) is 19.3. The maximum absolute atomic E-state index is 12.7. The van der Waals surface area contributed by atoms with Crippen molar-refractivity contribution < 1.29 is 14.3 Å². The van der Waals surface area contributed by atoms with E-state index in [1.54, 1.807) is 11.0 Å². The molecule has 0 bridgehead atoms. The van der Waals surface area contributed by atoms with E-state index in [4.69, 9.17) is 4.74 Å². The van der Waals surface area contributed by atoms with Crippen molar-refractivity contribution in [1.29, 1.82) is 0 Å². The molecule has 2 amide bonds. The van der Waals surface area contributed by atoms with Gasteiger partial charge in [0.1, 0.15) is 23.1 Å². The van der Waals surface area contributed by atoms with Crippen molar-refractivity contribution in [3.8, 4) is 11.5 Å². The minimum Gasteiger partial charge on any atom is -0.457 e. The van der Waals surface area contributed by atoms with E-state index < -0.39 is 0 Å². The van der Waals surface area contributed by atoms with Gasteiger partial charge in [-0.3, -0.25) is 9.59 Å². The largest absolute Gasteiger partial charge is 0.457 e. The van der Waals surface area contributed by atoms with Crippen LogP contribution in [0.25, 0.3) is 0 Å². The minimum absolute atomic E-state index is 0.0465. The Morgan fingerprint density at radius 2 is 1.76 bits per heavy atom. The van der Waals surface area contributed by atoms with E-state index in [0.29, 0.717) is 30.3 Å². The molecule has 7 heteroatoms. The summed E-state index contributed by atoms with van der Waals surface area (Å²) >= 11 is 0. The van der Waals surface area contributed by atoms with E-state index >= 15 is 0 Å². The zero-order chi connectivity index (χ0) is 23.5. The Labute approximate surface area is 193 Å². The third kappa shape index (κ3) is 4.98. The molecule has 2 N–H and O–H groups in total. The Kier molecular flexibility index (Phi) is 6.31. The number of anilines is 2. The minimum atomic E-state index is -0.233. The Balaban J connectivity index is 1.54. The first-order valence-corrected chi connectivity index (χ1v) is 11.1. The number of ether oxygens (including phenoxy) is 1. The number of aryl methyl sites for hydroxylation is 1. The number of pyridine rings is 1. The van der Waals surface area contributed by atoms with Crippen molar-refractivity contribution >= 4 is 23.5 Å². The van der Waals surface area contributed by atoms with Crippen LogP contribution in [0, 0.1) is 6.92 Å². The number of nitrogens with zero attached hydrogens (tertiary/aromatic N) is 2. The lowest BCUT2D eigenvalue weighted by molar-refractivity contribution is -0.114. The second-order valence-corrected chi connectivity index (χ2v) is 8.23. The van der Waals surface area contributed by atoms with Crippen molar-refractivity contribution in [3.05, 3.63) is 76.9 Å². The van der Waals surface area contributed by atoms with Gasteiger partial charge in [0.2, 0.25) is 5.91 Å². The summed E-state index contributed by atoms with van der Waals surface area (Å²) in [6.45, 7) is 8.55. The molecular weight excluding hydrogens is 416 g/mol. The molecule has 2 aromatic carbocycles. The van der Waals surface area contributed by atoms with Gasteiger partial charge in [-0.05, 0) is 56.7 Å². The lowest BCUT2D eigenvalue weighted by Gasteiger charge is -2.19. The number of amides is 2. The molecule has 3 aromatic rings. The van der Waals surface area contributed by atoms with Crippen LogP contribution < -0.4 is 15.4 Å². The Morgan fingerprint density at radius 3 is 2.36 bits per heavy atom. The topological polar surface area (TPSA) is 83.6 Å². The van der Waals surface area contributed by atoms with Gasteiger partial charge >= 0.3 is 0 Å². The molecule has 1 aliphatic heterocycles. The van der Waals surface area contributed by atoms with Gasteiger partial charge < -0.3 is 20.3 Å². The first-order chi connectivity index (χ1) is 15.8. The number of hydrogen-bond donors (Lipinski definition) is 2. The molecule has 7 nitrogen and oxygen atoms in total. The first-order valence-electron chi connectivity index (χ1n) is 11.1. The van der Waals surface area contributed by atoms with E-state index in [2.05, 4.69) is 15.6 Å². The van der Waals surface area contributed by atoms with E-state index in [1.165, 1.54) is 12.5 Å². The highest BCUT2D eigenvalue weighted by Gasteiger charge is 2.30. The standard InChI is InChI=1S/C26H28N4O3/c1-5-30-15-23-22(26(30)32)14-24(28-18(4)31)29-25(23)27-17(3)19-8-12-21(13-9-19)33-20-10-6-16(2)7-11-20/h6-14,17H,5,15H2,1-4H3,(H2,27,28,29,31). The number of nitrogens with one attached hydrogen (secondary N) is 2. The number of fused-ring (bicyclic) bond motifs is 1. The summed E-state index contributed by atoms with van der Waals surface area (Å²) in [6, 6.07) is 17.4. The van der Waals surface area contributed by atoms with Crippen LogP contribution in [-0.4, -0.2) is 28.2 Å². The molecule has 33 heavy (non-hydrogen) atoms. The highest BCUT2D eigenvalue weighted by atomic mass is 16.5. The van der Waals surface area contributed by atoms with Crippen molar-refractivity contribution in [2.75, 3.05) is 17.2 Å². The molecule has 1 atom stereocenters. The maximum Gasteiger partial charge on any atom is 0.254 e. The van der Waals surface area contributed by atoms with E-state index in [-0.39, 0.29) is 17.9 Å². The van der Waals surface area contributed by atoms with Gasteiger partial charge in [0.05, 0.1) is 12.1 Å². The number of rotatable bonds is 7. The molecule has 170 valence electrons. The van der Waals surface area contributed by atoms with Crippen LogP contribution in [0.5, 0.6) is 11.5 Å². The van der Waals surface area contributed by atoms with Crippen LogP contribution in [0.1, 0.15) is 53.9 Å². The van der Waals surface area contributed by atoms with Gasteiger partial charge in [0, 0.05) is 25.1 Å². The molecule has 0 aliphatic carbocycles. The van der Waals surface area contributed by atoms with Gasteiger partial charge in [0.25, 0.3) is 5.91 Å². The second kappa shape index (κ2) is 9.32. The molecule has 0 saturated carbocycles. The molecule has 0 spiro atoms. The summed E-state index contributed by atoms with van der Waals surface area (Å²) in [7, 11) is 0. The summed E-state index contributed by atoms with van der Waals surface area (Å²) in [6.07, 6.45) is 0. The maximum atomic E-state index is 12.7. The summed E-state index contributed by atoms with van der Waals surface area (Å²) < 4.78 is 5.92. The number of aromatic nitrogens is 1. The quantitative estimate of drug-likeness (QED) is 0.517. The number of benzene rings is 2. The third-order valence-electron chi connectivity index (χ3n) is 5.67. The summed E-state index contributed by atoms with van der Waals surface area (Å²) in [5, 5.41) is 6.13. The van der Waals surface area contributed by atoms with Gasteiger partial charge in [-0.15, -0.1) is 0 Å². The fourth-order valence-corrected chi connectivity index (χ4v) is 3.83. The van der Waals surface area contributed by atoms with Crippen LogP contribution in [0.15, 0.2) is 54.6 Å². The monoisotopic (exact) mass is 444 g/mol. The van der Waals surface area contributed by atoms with Crippen molar-refractivity contribution in [2.45, 2.75) is 40.3 Å². The van der Waals surface area contributed by atoms with Crippen LogP contribution in [0.4, 0.5) is 11.6 Å². The van der Waals surface area contributed by atoms with Gasteiger partial charge in [0.15, 0.2) is 0 Å². The van der Waals surface area contributed by atoms with Crippen LogP contribution >= 0.6 is 0 Å². The first kappa shape index (κ1) is 22.3. The predicted octanol–water partition coefficient (Wildman–Crippen LogP) is 5.29. The van der Waals surface area contributed by atoms with Crippen LogP contribution in [0.3, 0.4) is 0 Å². The molecular formula is C26H28N4O3. The predicted molar refractivity (Wildman–Crippen MR) is 129 cm³/mol. The summed E-state index contributed by atoms with van der Waals surface area (Å²) in [5.74, 6) is 2.24. The lowest BCUT2D eigenvalue weighted by atomic mass is 10.1. The number of carbonyl (C=O) groups excluding carboxylic acids is 2. The highest BCUT2D eigenvalue weighted by Crippen LogP contribution is 2.33. The molecule has 1 aliphatic rings. The highest BCUT2D eigenvalue weighted by molar-refractivity contribution is 6.01. The molecule has 4 rings (SSSR count). The summed E-state index contributed by atoms with van der Waals surface area (Å²) in [5.41, 5.74) is 3.65. The molecule has 0 saturated heterocycles. The Bertz CT molecular complexity index is 1170. The average Bonchev–Trinajstić information content (AvgIpc) is 3.11. The van der Waals surface area contributed by atoms with E-state index in [0.717, 1.165) is 22.6 Å². The summed E-state index contributed by atoms with van der Waals surface area (Å²) in [4.78, 5) is 30.6. The fraction of sp³-hybridized carbons (Fsp3) is 0.269. The Morgan fingerprint density at radius 1 is 1.12 bits per heavy atom. The second-order valence-electron chi connectivity index (χ2n) is 8.23. The van der Waals surface area contributed by atoms with E-state index in [9.17, 15) is 9.59 Å². The zero-order valence-electron chi connectivity index (χ0n) is 19.3. The smallest absolute Gasteiger partial charge is 0.254 e. The molecule has 1 unspecified atom stereocenters. The third-order valence-corrected chi connectivity index (χ3v) is 5.67. The number of carbonyl (C=O) groups is 2. The number of hydrogen-bond acceptors (Lipinski definition) is 5. The molecule has 2 heterocycles. The average molecular weight is 445 g/mol. The van der Waals surface area contributed by atoms with Gasteiger partial charge in [-0.2, -0.15) is 0 Å². The van der Waals surface area contributed by atoms with Crippen LogP contribution in [0.2, 0.25) is 0 Å². The van der Waals surface area contributed by atoms with E-state index in [1.807, 2.05) is 69.3 Å². The van der Waals surface area contributed by atoms with Crippen molar-refractivity contribution in [1.82, 2.24) is 9.88 Å². The normalized spacial score (nSPS) is 13.5. The van der Waals surface area contributed by atoms with Crippen molar-refractivity contribution in [2.24, 2.45) is 0 Å². The lowest BCUT2D eigenvalue weighted by Crippen LogP contribution is -2.23. The Hall–Kier alpha value is -3.87. The fourth-order valence-electron chi connectivity index (χ4n) is 3.83. The van der Waals surface area contributed by atoms with Crippen molar-refractivity contribution in [3.63, 3.8) is 0 Å². The van der Waals surface area contributed by atoms with Gasteiger partial charge in [-0.1, -0.05) is 29.8 Å². The van der Waals surface area contributed by atoms with Crippen LogP contribution in [-0.2, 0) is 11.3 Å². The molecule has 0 radical (unpaired) electrons. The van der Waals surface area contributed by atoms with Gasteiger partial charge in [-0.25, -0.2) is 4.98 Å². The molecule has 0 fully saturated rings. The molecule has 1 aromatic heterocycles.